The molecule has 3 aromatic carbocycles. The van der Waals surface area contributed by atoms with E-state index in [-0.39, 0.29) is 0 Å². The Balaban J connectivity index is 1.73. The molecule has 24 heavy (non-hydrogen) atoms. The number of aryl methyl sites for hydroxylation is 1. The number of amides is 1. The molecular formula is C20H18N2O2. The van der Waals surface area contributed by atoms with Gasteiger partial charge in [-0.25, -0.2) is 4.79 Å². The Morgan fingerprint density at radius 2 is 1.67 bits per heavy atom. The third-order valence-electron chi connectivity index (χ3n) is 3.74. The number of fused-ring (bicyclic) bond motifs is 1. The van der Waals surface area contributed by atoms with Crippen LogP contribution < -0.4 is 5.32 Å². The van der Waals surface area contributed by atoms with Gasteiger partial charge in [-0.3, -0.25) is 10.2 Å². The van der Waals surface area contributed by atoms with E-state index in [1.165, 1.54) is 0 Å². The largest absolute Gasteiger partial charge is 0.437 e. The minimum atomic E-state index is -0.613. The van der Waals surface area contributed by atoms with Crippen molar-refractivity contribution < 1.29 is 9.63 Å². The molecule has 0 atom stereocenters. The summed E-state index contributed by atoms with van der Waals surface area (Å²) in [6.45, 7) is 3.81. The van der Waals surface area contributed by atoms with Crippen molar-refractivity contribution in [3.05, 3.63) is 77.9 Å². The van der Waals surface area contributed by atoms with Crippen LogP contribution in [0.1, 0.15) is 18.1 Å². The Morgan fingerprint density at radius 1 is 0.958 bits per heavy atom. The lowest BCUT2D eigenvalue weighted by atomic mass is 10.0. The van der Waals surface area contributed by atoms with Gasteiger partial charge in [0, 0.05) is 11.3 Å². The van der Waals surface area contributed by atoms with Gasteiger partial charge in [-0.15, -0.1) is 0 Å². The summed E-state index contributed by atoms with van der Waals surface area (Å²) in [7, 11) is 0. The van der Waals surface area contributed by atoms with Gasteiger partial charge >= 0.3 is 6.09 Å². The zero-order chi connectivity index (χ0) is 16.9. The fourth-order valence-electron chi connectivity index (χ4n) is 2.48. The monoisotopic (exact) mass is 318 g/mol. The van der Waals surface area contributed by atoms with Crippen molar-refractivity contribution in [1.29, 1.82) is 0 Å². The predicted molar refractivity (Wildman–Crippen MR) is 97.4 cm³/mol. The van der Waals surface area contributed by atoms with E-state index in [0.29, 0.717) is 11.4 Å². The Bertz CT molecular complexity index is 894. The molecule has 0 aliphatic carbocycles. The van der Waals surface area contributed by atoms with E-state index < -0.39 is 6.09 Å². The van der Waals surface area contributed by atoms with Gasteiger partial charge in [-0.1, -0.05) is 65.3 Å². The van der Waals surface area contributed by atoms with E-state index in [1.54, 1.807) is 0 Å². The lowest BCUT2D eigenvalue weighted by Gasteiger charge is -2.06. The highest BCUT2D eigenvalue weighted by molar-refractivity contribution is 6.09. The third kappa shape index (κ3) is 3.60. The number of hydrogen-bond acceptors (Lipinski definition) is 3. The Morgan fingerprint density at radius 3 is 2.46 bits per heavy atom. The summed E-state index contributed by atoms with van der Waals surface area (Å²) in [5.74, 6) is 0. The van der Waals surface area contributed by atoms with Gasteiger partial charge in [0.25, 0.3) is 0 Å². The summed E-state index contributed by atoms with van der Waals surface area (Å²) >= 11 is 0. The van der Waals surface area contributed by atoms with Crippen LogP contribution >= 0.6 is 0 Å². The van der Waals surface area contributed by atoms with Crippen molar-refractivity contribution in [2.24, 2.45) is 5.16 Å². The molecule has 3 rings (SSSR count). The smallest absolute Gasteiger partial charge is 0.298 e. The number of oxime groups is 1. The number of carbonyl (C=O) groups excluding carboxylic acids is 1. The maximum Gasteiger partial charge on any atom is 0.437 e. The molecule has 3 aromatic rings. The van der Waals surface area contributed by atoms with E-state index in [1.807, 2.05) is 80.6 Å². The summed E-state index contributed by atoms with van der Waals surface area (Å²) < 4.78 is 0. The summed E-state index contributed by atoms with van der Waals surface area (Å²) in [4.78, 5) is 16.8. The standard InChI is InChI=1S/C20H18N2O2/c1-14-10-12-17(13-11-14)21-20(23)24-22-15(2)18-9-5-7-16-6-3-4-8-19(16)18/h3-13H,1-2H3,(H,21,23)/b22-15+. The first kappa shape index (κ1) is 15.7. The number of anilines is 1. The summed E-state index contributed by atoms with van der Waals surface area (Å²) in [6, 6.07) is 21.5. The van der Waals surface area contributed by atoms with Crippen LogP contribution in [0.5, 0.6) is 0 Å². The highest BCUT2D eigenvalue weighted by atomic mass is 16.7. The second-order valence-electron chi connectivity index (χ2n) is 5.57. The number of hydrogen-bond donors (Lipinski definition) is 1. The van der Waals surface area contributed by atoms with Gasteiger partial charge in [0.1, 0.15) is 0 Å². The van der Waals surface area contributed by atoms with Crippen molar-refractivity contribution in [1.82, 2.24) is 0 Å². The number of benzene rings is 3. The van der Waals surface area contributed by atoms with Crippen LogP contribution in [0.25, 0.3) is 10.8 Å². The molecule has 0 bridgehead atoms. The second-order valence-corrected chi connectivity index (χ2v) is 5.57. The maximum absolute atomic E-state index is 11.9. The normalized spacial score (nSPS) is 11.3. The van der Waals surface area contributed by atoms with E-state index in [0.717, 1.165) is 21.9 Å². The van der Waals surface area contributed by atoms with Crippen molar-refractivity contribution in [2.45, 2.75) is 13.8 Å². The molecule has 4 heteroatoms. The van der Waals surface area contributed by atoms with Crippen LogP contribution in [0.2, 0.25) is 0 Å². The number of nitrogens with one attached hydrogen (secondary N) is 1. The molecule has 0 unspecified atom stereocenters. The van der Waals surface area contributed by atoms with Crippen molar-refractivity contribution in [3.63, 3.8) is 0 Å². The highest BCUT2D eigenvalue weighted by Gasteiger charge is 2.06. The minimum Gasteiger partial charge on any atom is -0.298 e. The first-order valence-electron chi connectivity index (χ1n) is 7.71. The second kappa shape index (κ2) is 6.96. The summed E-state index contributed by atoms with van der Waals surface area (Å²) in [6.07, 6.45) is -0.613. The van der Waals surface area contributed by atoms with Gasteiger partial charge in [0.15, 0.2) is 0 Å². The summed E-state index contributed by atoms with van der Waals surface area (Å²) in [5, 5.41) is 8.80. The average Bonchev–Trinajstić information content (AvgIpc) is 2.61. The zero-order valence-corrected chi connectivity index (χ0v) is 13.6. The van der Waals surface area contributed by atoms with Gasteiger partial charge in [-0.05, 0) is 36.8 Å². The quantitative estimate of drug-likeness (QED) is 0.414. The fourth-order valence-corrected chi connectivity index (χ4v) is 2.48. The molecular weight excluding hydrogens is 300 g/mol. The molecule has 0 radical (unpaired) electrons. The topological polar surface area (TPSA) is 50.7 Å². The number of carbonyl (C=O) groups is 1. The van der Waals surface area contributed by atoms with Crippen LogP contribution in [-0.4, -0.2) is 11.8 Å². The van der Waals surface area contributed by atoms with E-state index in [2.05, 4.69) is 10.5 Å². The number of nitrogens with zero attached hydrogens (tertiary/aromatic N) is 1. The molecule has 0 aromatic heterocycles. The Hall–Kier alpha value is -3.14. The van der Waals surface area contributed by atoms with Gasteiger partial charge in [-0.2, -0.15) is 0 Å². The Kier molecular flexibility index (Phi) is 4.57. The van der Waals surface area contributed by atoms with Crippen LogP contribution in [0.4, 0.5) is 10.5 Å². The van der Waals surface area contributed by atoms with E-state index in [4.69, 9.17) is 4.84 Å². The zero-order valence-electron chi connectivity index (χ0n) is 13.6. The van der Waals surface area contributed by atoms with Crippen LogP contribution in [0, 0.1) is 6.92 Å². The first-order valence-corrected chi connectivity index (χ1v) is 7.71. The molecule has 0 saturated heterocycles. The SMILES string of the molecule is C/C(=N\OC(=O)Nc1ccc(C)cc1)c1cccc2ccccc12. The van der Waals surface area contributed by atoms with Crippen molar-refractivity contribution in [3.8, 4) is 0 Å². The van der Waals surface area contributed by atoms with Crippen LogP contribution in [-0.2, 0) is 4.84 Å². The predicted octanol–water partition coefficient (Wildman–Crippen LogP) is 5.12. The number of rotatable bonds is 3. The first-order chi connectivity index (χ1) is 11.6. The lowest BCUT2D eigenvalue weighted by molar-refractivity contribution is 0.166. The molecule has 120 valence electrons. The molecule has 0 spiro atoms. The maximum atomic E-state index is 11.9. The third-order valence-corrected chi connectivity index (χ3v) is 3.74. The molecule has 1 amide bonds. The van der Waals surface area contributed by atoms with Crippen molar-refractivity contribution in [2.75, 3.05) is 5.32 Å². The van der Waals surface area contributed by atoms with E-state index >= 15 is 0 Å². The molecule has 0 heterocycles. The van der Waals surface area contributed by atoms with Gasteiger partial charge in [0.05, 0.1) is 5.71 Å². The van der Waals surface area contributed by atoms with E-state index in [9.17, 15) is 4.79 Å². The molecule has 0 aliphatic heterocycles. The summed E-state index contributed by atoms with van der Waals surface area (Å²) in [5.41, 5.74) is 3.38. The molecule has 1 N–H and O–H groups in total. The van der Waals surface area contributed by atoms with Crippen LogP contribution in [0.3, 0.4) is 0 Å². The fraction of sp³-hybridized carbons (Fsp3) is 0.100. The Labute approximate surface area is 140 Å². The van der Waals surface area contributed by atoms with Gasteiger partial charge in [0.2, 0.25) is 0 Å². The van der Waals surface area contributed by atoms with Crippen molar-refractivity contribution >= 4 is 28.3 Å². The molecule has 4 nitrogen and oxygen atoms in total. The van der Waals surface area contributed by atoms with Gasteiger partial charge < -0.3 is 0 Å². The lowest BCUT2D eigenvalue weighted by Crippen LogP contribution is -2.12. The molecule has 0 fully saturated rings. The molecule has 0 aliphatic rings. The van der Waals surface area contributed by atoms with Crippen LogP contribution in [0.15, 0.2) is 71.9 Å². The highest BCUT2D eigenvalue weighted by Crippen LogP contribution is 2.19. The molecule has 0 saturated carbocycles. The minimum absolute atomic E-state index is 0.613. The average molecular weight is 318 g/mol.